The topological polar surface area (TPSA) is 29.1 Å². The molecule has 0 radical (unpaired) electrons. The van der Waals surface area contributed by atoms with Crippen molar-refractivity contribution in [3.8, 4) is 0 Å². The Balaban J connectivity index is 3.27. The van der Waals surface area contributed by atoms with E-state index in [1.54, 1.807) is 0 Å². The summed E-state index contributed by atoms with van der Waals surface area (Å²) < 4.78 is 0. The molecular weight excluding hydrogens is 246 g/mol. The van der Waals surface area contributed by atoms with Crippen LogP contribution in [-0.2, 0) is 4.79 Å². The van der Waals surface area contributed by atoms with Crippen LogP contribution in [0.15, 0.2) is 0 Å². The van der Waals surface area contributed by atoms with Crippen molar-refractivity contribution in [2.45, 2.75) is 98.3 Å². The Morgan fingerprint density at radius 3 is 1.70 bits per heavy atom. The molecule has 120 valence electrons. The Labute approximate surface area is 127 Å². The van der Waals surface area contributed by atoms with Crippen LogP contribution in [0.25, 0.3) is 0 Å². The maximum Gasteiger partial charge on any atom is 0.225 e. The van der Waals surface area contributed by atoms with Crippen LogP contribution in [-0.4, -0.2) is 12.5 Å². The molecule has 0 bridgehead atoms. The molecule has 0 unspecified atom stereocenters. The minimum Gasteiger partial charge on any atom is -0.356 e. The third kappa shape index (κ3) is 10.3. The van der Waals surface area contributed by atoms with E-state index in [2.05, 4.69) is 19.2 Å². The summed E-state index contributed by atoms with van der Waals surface area (Å²) in [6.07, 6.45) is 14.3. The van der Waals surface area contributed by atoms with E-state index in [9.17, 15) is 4.79 Å². The van der Waals surface area contributed by atoms with Gasteiger partial charge in [0.2, 0.25) is 5.91 Å². The Morgan fingerprint density at radius 1 is 0.800 bits per heavy atom. The van der Waals surface area contributed by atoms with Gasteiger partial charge >= 0.3 is 0 Å². The number of hydrogen-bond acceptors (Lipinski definition) is 1. The second-order valence-corrected chi connectivity index (χ2v) is 6.68. The van der Waals surface area contributed by atoms with E-state index >= 15 is 0 Å². The van der Waals surface area contributed by atoms with Crippen molar-refractivity contribution in [2.24, 2.45) is 5.41 Å². The highest BCUT2D eigenvalue weighted by atomic mass is 16.2. The first kappa shape index (κ1) is 19.5. The van der Waals surface area contributed by atoms with Gasteiger partial charge < -0.3 is 5.32 Å². The highest BCUT2D eigenvalue weighted by Crippen LogP contribution is 2.19. The molecule has 2 heteroatoms. The van der Waals surface area contributed by atoms with Crippen molar-refractivity contribution in [1.82, 2.24) is 5.32 Å². The number of carbonyl (C=O) groups is 1. The van der Waals surface area contributed by atoms with Gasteiger partial charge in [0.05, 0.1) is 0 Å². The first-order valence-corrected chi connectivity index (χ1v) is 8.83. The summed E-state index contributed by atoms with van der Waals surface area (Å²) in [4.78, 5) is 11.8. The van der Waals surface area contributed by atoms with Gasteiger partial charge in [0.1, 0.15) is 0 Å². The van der Waals surface area contributed by atoms with Crippen LogP contribution in [0.2, 0.25) is 0 Å². The molecule has 2 nitrogen and oxygen atoms in total. The van der Waals surface area contributed by atoms with E-state index in [0.717, 1.165) is 19.4 Å². The molecule has 0 saturated heterocycles. The van der Waals surface area contributed by atoms with Gasteiger partial charge in [-0.05, 0) is 12.8 Å². The molecule has 0 fully saturated rings. The molecule has 0 atom stereocenters. The monoisotopic (exact) mass is 283 g/mol. The summed E-state index contributed by atoms with van der Waals surface area (Å²) in [5, 5.41) is 3.06. The predicted octanol–water partition coefficient (Wildman–Crippen LogP) is 5.46. The zero-order valence-corrected chi connectivity index (χ0v) is 14.4. The van der Waals surface area contributed by atoms with Crippen LogP contribution in [0.1, 0.15) is 98.3 Å². The first-order valence-electron chi connectivity index (χ1n) is 8.83. The molecular formula is C18H37NO. The van der Waals surface area contributed by atoms with Gasteiger partial charge in [0.25, 0.3) is 0 Å². The molecule has 0 aliphatic rings. The number of amides is 1. The highest BCUT2D eigenvalue weighted by Gasteiger charge is 2.24. The molecule has 0 saturated carbocycles. The zero-order valence-electron chi connectivity index (χ0n) is 14.4. The van der Waals surface area contributed by atoms with Crippen molar-refractivity contribution in [2.75, 3.05) is 6.54 Å². The summed E-state index contributed by atoms with van der Waals surface area (Å²) in [5.41, 5.74) is -0.210. The van der Waals surface area contributed by atoms with Gasteiger partial charge in [-0.2, -0.15) is 0 Å². The van der Waals surface area contributed by atoms with E-state index in [-0.39, 0.29) is 11.3 Å². The van der Waals surface area contributed by atoms with Gasteiger partial charge in [-0.1, -0.05) is 85.5 Å². The standard InChI is InChI=1S/C18H37NO/c1-5-7-8-9-10-11-12-13-14-15-16-19-17(20)18(3,4)6-2/h5-16H2,1-4H3,(H,19,20). The van der Waals surface area contributed by atoms with Crippen molar-refractivity contribution in [1.29, 1.82) is 0 Å². The fourth-order valence-electron chi connectivity index (χ4n) is 2.21. The minimum atomic E-state index is -0.210. The fourth-order valence-corrected chi connectivity index (χ4v) is 2.21. The summed E-state index contributed by atoms with van der Waals surface area (Å²) in [7, 11) is 0. The van der Waals surface area contributed by atoms with E-state index < -0.39 is 0 Å². The molecule has 0 aliphatic carbocycles. The van der Waals surface area contributed by atoms with Crippen LogP contribution < -0.4 is 5.32 Å². The molecule has 20 heavy (non-hydrogen) atoms. The van der Waals surface area contributed by atoms with E-state index in [0.29, 0.717) is 0 Å². The maximum atomic E-state index is 11.8. The molecule has 0 aliphatic heterocycles. The van der Waals surface area contributed by atoms with E-state index in [4.69, 9.17) is 0 Å². The Kier molecular flexibility index (Phi) is 11.9. The normalized spacial score (nSPS) is 11.6. The number of rotatable bonds is 13. The third-order valence-corrected chi connectivity index (χ3v) is 4.31. The molecule has 1 amide bonds. The maximum absolute atomic E-state index is 11.8. The second kappa shape index (κ2) is 12.2. The lowest BCUT2D eigenvalue weighted by molar-refractivity contribution is -0.129. The van der Waals surface area contributed by atoms with Gasteiger partial charge in [-0.25, -0.2) is 0 Å². The van der Waals surface area contributed by atoms with Crippen LogP contribution in [0, 0.1) is 5.41 Å². The summed E-state index contributed by atoms with van der Waals surface area (Å²) in [5.74, 6) is 0.205. The van der Waals surface area contributed by atoms with Gasteiger partial charge in [0.15, 0.2) is 0 Å². The quantitative estimate of drug-likeness (QED) is 0.447. The Morgan fingerprint density at radius 2 is 1.25 bits per heavy atom. The van der Waals surface area contributed by atoms with Gasteiger partial charge in [-0.15, -0.1) is 0 Å². The average molecular weight is 284 g/mol. The highest BCUT2D eigenvalue weighted by molar-refractivity contribution is 5.81. The van der Waals surface area contributed by atoms with E-state index in [1.165, 1.54) is 57.8 Å². The van der Waals surface area contributed by atoms with Crippen LogP contribution >= 0.6 is 0 Å². The Hall–Kier alpha value is -0.530. The van der Waals surface area contributed by atoms with E-state index in [1.807, 2.05) is 13.8 Å². The molecule has 0 aromatic carbocycles. The predicted molar refractivity (Wildman–Crippen MR) is 88.9 cm³/mol. The van der Waals surface area contributed by atoms with Crippen LogP contribution in [0.5, 0.6) is 0 Å². The lowest BCUT2D eigenvalue weighted by Gasteiger charge is -2.21. The minimum absolute atomic E-state index is 0.205. The lowest BCUT2D eigenvalue weighted by Crippen LogP contribution is -2.36. The van der Waals surface area contributed by atoms with Crippen molar-refractivity contribution >= 4 is 5.91 Å². The molecule has 0 aromatic heterocycles. The molecule has 0 rings (SSSR count). The number of hydrogen-bond donors (Lipinski definition) is 1. The largest absolute Gasteiger partial charge is 0.356 e. The van der Waals surface area contributed by atoms with Gasteiger partial charge in [0, 0.05) is 12.0 Å². The fraction of sp³-hybridized carbons (Fsp3) is 0.944. The molecule has 0 heterocycles. The number of carbonyl (C=O) groups excluding carboxylic acids is 1. The SMILES string of the molecule is CCCCCCCCCCCCNC(=O)C(C)(C)CC. The number of nitrogens with one attached hydrogen (secondary N) is 1. The molecule has 0 aromatic rings. The molecule has 0 spiro atoms. The van der Waals surface area contributed by atoms with Crippen molar-refractivity contribution in [3.05, 3.63) is 0 Å². The van der Waals surface area contributed by atoms with Crippen LogP contribution in [0.4, 0.5) is 0 Å². The Bertz CT molecular complexity index is 236. The lowest BCUT2D eigenvalue weighted by atomic mass is 9.89. The zero-order chi connectivity index (χ0) is 15.3. The first-order chi connectivity index (χ1) is 9.54. The third-order valence-electron chi connectivity index (χ3n) is 4.31. The smallest absolute Gasteiger partial charge is 0.225 e. The molecule has 1 N–H and O–H groups in total. The second-order valence-electron chi connectivity index (χ2n) is 6.68. The van der Waals surface area contributed by atoms with Crippen LogP contribution in [0.3, 0.4) is 0 Å². The average Bonchev–Trinajstić information content (AvgIpc) is 2.44. The van der Waals surface area contributed by atoms with Crippen molar-refractivity contribution < 1.29 is 4.79 Å². The number of unbranched alkanes of at least 4 members (excludes halogenated alkanes) is 9. The van der Waals surface area contributed by atoms with Gasteiger partial charge in [-0.3, -0.25) is 4.79 Å². The summed E-state index contributed by atoms with van der Waals surface area (Å²) in [6.45, 7) is 9.21. The summed E-state index contributed by atoms with van der Waals surface area (Å²) in [6, 6.07) is 0. The van der Waals surface area contributed by atoms with Crippen molar-refractivity contribution in [3.63, 3.8) is 0 Å². The summed E-state index contributed by atoms with van der Waals surface area (Å²) >= 11 is 0.